The number of nitrogens with zero attached hydrogens (tertiary/aromatic N) is 4. The van der Waals surface area contributed by atoms with Crippen molar-refractivity contribution in [3.8, 4) is 0 Å². The number of allylic oxidation sites excluding steroid dienone is 4. The molecule has 10 N–H and O–H groups in total. The summed E-state index contributed by atoms with van der Waals surface area (Å²) in [5.74, 6) is -0.545. The van der Waals surface area contributed by atoms with Crippen molar-refractivity contribution in [2.45, 2.75) is 116 Å². The smallest absolute Gasteiger partial charge is 0.386 e. The molecule has 2 unspecified atom stereocenters. The number of phosphoric ester groups is 3. The van der Waals surface area contributed by atoms with Crippen LogP contribution < -0.4 is 16.4 Å². The van der Waals surface area contributed by atoms with Crippen LogP contribution in [0, 0.1) is 17.3 Å². The minimum absolute atomic E-state index is 0.0220. The molecule has 25 nitrogen and oxygen atoms in total. The molecule has 1 aliphatic carbocycles. The average molecular weight is 1040 g/mol. The van der Waals surface area contributed by atoms with Crippen molar-refractivity contribution in [1.29, 1.82) is 0 Å². The number of nitrogen functional groups attached to an aromatic ring is 1. The zero-order chi connectivity index (χ0) is 50.3. The number of anilines is 1. The van der Waals surface area contributed by atoms with Gasteiger partial charge in [-0.05, 0) is 37.7 Å². The summed E-state index contributed by atoms with van der Waals surface area (Å²) in [6.07, 6.45) is 8.88. The van der Waals surface area contributed by atoms with E-state index in [0.29, 0.717) is 18.1 Å². The Hall–Kier alpha value is -3.29. The van der Waals surface area contributed by atoms with Gasteiger partial charge in [0.15, 0.2) is 28.6 Å². The van der Waals surface area contributed by atoms with Gasteiger partial charge in [0, 0.05) is 43.0 Å². The molecule has 1 aliphatic heterocycles. The first-order valence-corrected chi connectivity index (χ1v) is 27.4. The lowest BCUT2D eigenvalue weighted by Crippen LogP contribution is -2.46. The number of aliphatic hydroxyl groups is 2. The first-order valence-electron chi connectivity index (χ1n) is 21.8. The Bertz CT molecular complexity index is 2240. The van der Waals surface area contributed by atoms with Crippen molar-refractivity contribution in [2.24, 2.45) is 17.3 Å². The number of unbranched alkanes of at least 4 members (excludes halogenated alkanes) is 4. The number of aliphatic hydroxyl groups excluding tert-OH is 2. The van der Waals surface area contributed by atoms with Crippen LogP contribution in [0.1, 0.15) is 91.2 Å². The maximum Gasteiger partial charge on any atom is 0.481 e. The number of hydrogen-bond acceptors (Lipinski definition) is 19. The van der Waals surface area contributed by atoms with Crippen LogP contribution in [0.15, 0.2) is 37.0 Å². The third-order valence-corrected chi connectivity index (χ3v) is 14.9. The Morgan fingerprint density at radius 1 is 0.985 bits per heavy atom. The van der Waals surface area contributed by atoms with Gasteiger partial charge in [0.1, 0.15) is 36.3 Å². The van der Waals surface area contributed by atoms with Crippen LogP contribution in [0.2, 0.25) is 0 Å². The quantitative estimate of drug-likeness (QED) is 0.0308. The number of fused-ring (bicyclic) bond motifs is 1. The Kier molecular flexibility index (Phi) is 22.1. The summed E-state index contributed by atoms with van der Waals surface area (Å²) in [5.41, 5.74) is 4.26. The maximum absolute atomic E-state index is 12.7. The second-order valence-electron chi connectivity index (χ2n) is 16.7. The van der Waals surface area contributed by atoms with E-state index in [0.717, 1.165) is 80.4 Å². The summed E-state index contributed by atoms with van der Waals surface area (Å²) in [6.45, 7) is 2.56. The molecule has 382 valence electrons. The molecule has 29 heteroatoms. The lowest BCUT2D eigenvalue weighted by atomic mass is 9.87. The zero-order valence-electron chi connectivity index (χ0n) is 37.8. The van der Waals surface area contributed by atoms with Gasteiger partial charge in [-0.3, -0.25) is 37.3 Å². The molecule has 68 heavy (non-hydrogen) atoms. The lowest BCUT2D eigenvalue weighted by molar-refractivity contribution is -0.137. The summed E-state index contributed by atoms with van der Waals surface area (Å²) in [7, 11) is -16.4. The Morgan fingerprint density at radius 3 is 2.41 bits per heavy atom. The van der Waals surface area contributed by atoms with Crippen LogP contribution in [0.3, 0.4) is 0 Å². The van der Waals surface area contributed by atoms with E-state index in [1.165, 1.54) is 13.8 Å². The highest BCUT2D eigenvalue weighted by molar-refractivity contribution is 8.13. The third kappa shape index (κ3) is 18.1. The number of amides is 2. The van der Waals surface area contributed by atoms with Crippen molar-refractivity contribution in [3.63, 3.8) is 0 Å². The number of phosphoric acid groups is 3. The molecule has 2 aromatic heterocycles. The van der Waals surface area contributed by atoms with Crippen LogP contribution in [0.25, 0.3) is 11.2 Å². The number of carbonyl (C=O) groups is 4. The number of thioether (sulfide) groups is 1. The van der Waals surface area contributed by atoms with E-state index in [9.17, 15) is 62.7 Å². The van der Waals surface area contributed by atoms with Gasteiger partial charge in [0.25, 0.3) is 0 Å². The van der Waals surface area contributed by atoms with E-state index in [4.69, 9.17) is 19.5 Å². The third-order valence-electron chi connectivity index (χ3n) is 10.9. The van der Waals surface area contributed by atoms with Gasteiger partial charge in [0.2, 0.25) is 11.8 Å². The van der Waals surface area contributed by atoms with Gasteiger partial charge in [0.05, 0.1) is 19.5 Å². The van der Waals surface area contributed by atoms with Crippen LogP contribution in [0.5, 0.6) is 0 Å². The molecule has 4 rings (SSSR count). The highest BCUT2D eigenvalue weighted by Crippen LogP contribution is 2.61. The van der Waals surface area contributed by atoms with Crippen molar-refractivity contribution >= 4 is 74.9 Å². The molecule has 1 saturated heterocycles. The second kappa shape index (κ2) is 26.2. The SMILES string of the molecule is CC/C=C\C[C@@H]1C(=O)C=C[C@@H]1CCCCCCCC(=O)SCCNC(=O)CCNC(=O)[C@H](O)C(C)(C)COP(=O)(O)OP(=O)(O)OC[C@H]1O[C@@H](n2cnc3c(N)ncnc32)[C@H](O)[C@@H]1OP(=O)(O)O. The summed E-state index contributed by atoms with van der Waals surface area (Å²) in [6, 6.07) is 0. The van der Waals surface area contributed by atoms with Crippen LogP contribution in [0.4, 0.5) is 5.82 Å². The molecule has 3 heterocycles. The fourth-order valence-electron chi connectivity index (χ4n) is 7.23. The number of rotatable bonds is 30. The predicted octanol–water partition coefficient (Wildman–Crippen LogP) is 3.12. The van der Waals surface area contributed by atoms with Crippen molar-refractivity contribution in [3.05, 3.63) is 37.0 Å². The van der Waals surface area contributed by atoms with Gasteiger partial charge in [-0.1, -0.05) is 76.4 Å². The van der Waals surface area contributed by atoms with Gasteiger partial charge in [-0.15, -0.1) is 0 Å². The molecular weight excluding hydrogens is 979 g/mol. The molecule has 0 radical (unpaired) electrons. The normalized spacial score (nSPS) is 23.2. The zero-order valence-corrected chi connectivity index (χ0v) is 41.3. The largest absolute Gasteiger partial charge is 0.481 e. The molecule has 0 bridgehead atoms. The van der Waals surface area contributed by atoms with E-state index in [1.807, 2.05) is 6.08 Å². The predicted molar refractivity (Wildman–Crippen MR) is 245 cm³/mol. The molecule has 2 aliphatic rings. The van der Waals surface area contributed by atoms with Crippen molar-refractivity contribution < 1.29 is 85.3 Å². The number of ether oxygens (including phenoxy) is 1. The summed E-state index contributed by atoms with van der Waals surface area (Å²) >= 11 is 1.12. The summed E-state index contributed by atoms with van der Waals surface area (Å²) in [4.78, 5) is 101. The molecule has 0 saturated carbocycles. The fraction of sp³-hybridized carbons (Fsp3) is 0.667. The Labute approximate surface area is 396 Å². The molecule has 2 aromatic rings. The van der Waals surface area contributed by atoms with Gasteiger partial charge in [-0.2, -0.15) is 4.31 Å². The Morgan fingerprint density at radius 2 is 1.69 bits per heavy atom. The summed E-state index contributed by atoms with van der Waals surface area (Å²) in [5, 5.41) is 26.6. The van der Waals surface area contributed by atoms with Crippen molar-refractivity contribution in [1.82, 2.24) is 30.2 Å². The van der Waals surface area contributed by atoms with Gasteiger partial charge >= 0.3 is 23.5 Å². The van der Waals surface area contributed by atoms with Gasteiger partial charge < -0.3 is 50.9 Å². The minimum Gasteiger partial charge on any atom is -0.386 e. The highest BCUT2D eigenvalue weighted by atomic mass is 32.2. The lowest BCUT2D eigenvalue weighted by Gasteiger charge is -2.30. The maximum atomic E-state index is 12.7. The van der Waals surface area contributed by atoms with E-state index < -0.39 is 84.6 Å². The fourth-order valence-corrected chi connectivity index (χ4v) is 10.8. The second-order valence-corrected chi connectivity index (χ2v) is 22.1. The van der Waals surface area contributed by atoms with E-state index in [1.54, 1.807) is 6.08 Å². The van der Waals surface area contributed by atoms with Crippen LogP contribution in [-0.4, -0.2) is 128 Å². The first kappa shape index (κ1) is 57.3. The van der Waals surface area contributed by atoms with E-state index >= 15 is 0 Å². The highest BCUT2D eigenvalue weighted by Gasteiger charge is 2.50. The molecule has 0 aromatic carbocycles. The molecule has 2 amide bonds. The number of carbonyl (C=O) groups excluding carboxylic acids is 4. The molecule has 9 atom stereocenters. The topological polar surface area (TPSA) is 381 Å². The monoisotopic (exact) mass is 1040 g/mol. The standard InChI is InChI=1S/C39H62N7O18P3S/c1-4-5-9-13-26-25(15-16-27(26)47)12-10-7-6-8-11-14-30(49)68-20-19-41-29(48)17-18-42-37(52)34(51)39(2,3)22-61-67(58,59)64-66(56,57)60-21-28-33(63-65(53,54)55)32(50)38(62-28)46-24-45-31-35(40)43-23-44-36(31)46/h5,9,15-16,23-26,28,32-34,38,50-51H,4,6-8,10-14,17-22H2,1-3H3,(H,41,48)(H,42,52)(H,56,57)(H,58,59)(H2,40,43,44)(H2,53,54,55)/b9-5-/t25-,26-,28+,32+,33+,34-,38+/m0/s1. The molecule has 1 fully saturated rings. The molecular formula is C39H62N7O18P3S. The van der Waals surface area contributed by atoms with E-state index in [2.05, 4.69) is 53.5 Å². The number of ketones is 1. The number of nitrogens with one attached hydrogen (secondary N) is 2. The van der Waals surface area contributed by atoms with Crippen molar-refractivity contribution in [2.75, 3.05) is 37.8 Å². The first-order chi connectivity index (χ1) is 31.9. The molecule has 0 spiro atoms. The number of aromatic nitrogens is 4. The van der Waals surface area contributed by atoms with Crippen LogP contribution in [-0.2, 0) is 55.5 Å². The van der Waals surface area contributed by atoms with Crippen LogP contribution >= 0.6 is 35.2 Å². The minimum atomic E-state index is -5.58. The number of hydrogen-bond donors (Lipinski definition) is 9. The van der Waals surface area contributed by atoms with E-state index in [-0.39, 0.29) is 53.3 Å². The summed E-state index contributed by atoms with van der Waals surface area (Å²) < 4.78 is 62.4. The average Bonchev–Trinajstić information content (AvgIpc) is 3.94. The van der Waals surface area contributed by atoms with Gasteiger partial charge in [-0.25, -0.2) is 28.6 Å². The number of nitrogens with two attached hydrogens (primary N) is 1. The number of imidazole rings is 1. The Balaban J connectivity index is 1.09.